The van der Waals surface area contributed by atoms with Gasteiger partial charge in [0.05, 0.1) is 5.69 Å². The maximum Gasteiger partial charge on any atom is 0.165 e. The zero-order chi connectivity index (χ0) is 13.5. The zero-order valence-corrected chi connectivity index (χ0v) is 10.9. The lowest BCUT2D eigenvalue weighted by Gasteiger charge is -2.08. The van der Waals surface area contributed by atoms with E-state index in [0.29, 0.717) is 0 Å². The average Bonchev–Trinajstić information content (AvgIpc) is 2.45. The minimum Gasteiger partial charge on any atom is -0.484 e. The summed E-state index contributed by atoms with van der Waals surface area (Å²) in [5.41, 5.74) is 1.77. The summed E-state index contributed by atoms with van der Waals surface area (Å²) >= 11 is 0. The van der Waals surface area contributed by atoms with Crippen molar-refractivity contribution in [3.8, 4) is 5.75 Å². The van der Waals surface area contributed by atoms with Crippen molar-refractivity contribution in [1.82, 2.24) is 4.98 Å². The molecule has 2 aromatic rings. The van der Waals surface area contributed by atoms with E-state index in [9.17, 15) is 4.39 Å². The summed E-state index contributed by atoms with van der Waals surface area (Å²) in [5, 5.41) is 3.27. The van der Waals surface area contributed by atoms with Crippen LogP contribution in [0.4, 0.5) is 10.1 Å². The van der Waals surface area contributed by atoms with Crippen LogP contribution in [0.2, 0.25) is 0 Å². The van der Waals surface area contributed by atoms with Gasteiger partial charge in [-0.25, -0.2) is 4.39 Å². The molecule has 0 saturated carbocycles. The van der Waals surface area contributed by atoms with Crippen LogP contribution in [-0.4, -0.2) is 11.5 Å². The molecule has 0 atom stereocenters. The highest BCUT2D eigenvalue weighted by molar-refractivity contribution is 5.43. The van der Waals surface area contributed by atoms with E-state index in [1.807, 2.05) is 12.1 Å². The van der Waals surface area contributed by atoms with Crippen LogP contribution in [-0.2, 0) is 6.61 Å². The van der Waals surface area contributed by atoms with Crippen molar-refractivity contribution in [2.75, 3.05) is 11.9 Å². The molecule has 0 aliphatic heterocycles. The largest absolute Gasteiger partial charge is 0.484 e. The smallest absolute Gasteiger partial charge is 0.165 e. The van der Waals surface area contributed by atoms with E-state index in [1.54, 1.807) is 24.4 Å². The number of pyridine rings is 1. The Kier molecular flexibility index (Phi) is 4.72. The fourth-order valence-corrected chi connectivity index (χ4v) is 1.65. The lowest BCUT2D eigenvalue weighted by atomic mass is 10.3. The second-order valence-electron chi connectivity index (χ2n) is 4.18. The van der Waals surface area contributed by atoms with E-state index < -0.39 is 0 Å². The molecule has 0 aliphatic carbocycles. The van der Waals surface area contributed by atoms with Crippen LogP contribution >= 0.6 is 0 Å². The molecule has 0 spiro atoms. The molecule has 1 aromatic heterocycles. The molecular weight excluding hydrogens is 243 g/mol. The predicted molar refractivity (Wildman–Crippen MR) is 73.7 cm³/mol. The number of benzene rings is 1. The van der Waals surface area contributed by atoms with Gasteiger partial charge < -0.3 is 10.1 Å². The molecule has 4 heteroatoms. The maximum atomic E-state index is 13.4. The monoisotopic (exact) mass is 260 g/mol. The van der Waals surface area contributed by atoms with Crippen LogP contribution in [0, 0.1) is 5.82 Å². The Bertz CT molecular complexity index is 531. The van der Waals surface area contributed by atoms with Crippen molar-refractivity contribution in [3.63, 3.8) is 0 Å². The summed E-state index contributed by atoms with van der Waals surface area (Å²) in [4.78, 5) is 4.20. The minimum atomic E-state index is -0.359. The first-order valence-electron chi connectivity index (χ1n) is 6.35. The van der Waals surface area contributed by atoms with Crippen molar-refractivity contribution in [2.24, 2.45) is 0 Å². The van der Waals surface area contributed by atoms with E-state index in [-0.39, 0.29) is 18.2 Å². The molecule has 3 nitrogen and oxygen atoms in total. The molecule has 0 radical (unpaired) electrons. The van der Waals surface area contributed by atoms with Crippen LogP contribution in [0.15, 0.2) is 42.6 Å². The average molecular weight is 260 g/mol. The van der Waals surface area contributed by atoms with Crippen molar-refractivity contribution in [3.05, 3.63) is 54.1 Å². The first-order valence-corrected chi connectivity index (χ1v) is 6.35. The Labute approximate surface area is 112 Å². The highest BCUT2D eigenvalue weighted by atomic mass is 19.1. The second kappa shape index (κ2) is 6.73. The fraction of sp³-hybridized carbons (Fsp3) is 0.267. The standard InChI is InChI=1S/C15H17FN2O/c1-2-8-17-12-7-9-18-13(10-12)11-19-15-6-4-3-5-14(15)16/h3-7,9-10H,2,8,11H2,1H3,(H,17,18). The van der Waals surface area contributed by atoms with Crippen LogP contribution in [0.3, 0.4) is 0 Å². The molecule has 0 saturated heterocycles. The van der Waals surface area contributed by atoms with E-state index in [4.69, 9.17) is 4.74 Å². The van der Waals surface area contributed by atoms with Crippen molar-refractivity contribution < 1.29 is 9.13 Å². The second-order valence-corrected chi connectivity index (χ2v) is 4.18. The Balaban J connectivity index is 1.98. The molecule has 1 N–H and O–H groups in total. The van der Waals surface area contributed by atoms with Gasteiger partial charge in [0.2, 0.25) is 0 Å². The van der Waals surface area contributed by atoms with Gasteiger partial charge in [0.25, 0.3) is 0 Å². The minimum absolute atomic E-state index is 0.247. The summed E-state index contributed by atoms with van der Waals surface area (Å²) in [6, 6.07) is 10.2. The third kappa shape index (κ3) is 3.95. The van der Waals surface area contributed by atoms with Crippen LogP contribution in [0.25, 0.3) is 0 Å². The number of aromatic nitrogens is 1. The summed E-state index contributed by atoms with van der Waals surface area (Å²) in [6.07, 6.45) is 2.78. The highest BCUT2D eigenvalue weighted by Crippen LogP contribution is 2.17. The predicted octanol–water partition coefficient (Wildman–Crippen LogP) is 3.62. The first kappa shape index (κ1) is 13.3. The molecule has 0 bridgehead atoms. The SMILES string of the molecule is CCCNc1ccnc(COc2ccccc2F)c1. The summed E-state index contributed by atoms with van der Waals surface area (Å²) in [7, 11) is 0. The van der Waals surface area contributed by atoms with E-state index in [2.05, 4.69) is 17.2 Å². The Hall–Kier alpha value is -2.10. The van der Waals surface area contributed by atoms with Gasteiger partial charge in [0.1, 0.15) is 6.61 Å². The van der Waals surface area contributed by atoms with Gasteiger partial charge in [-0.1, -0.05) is 19.1 Å². The number of anilines is 1. The molecule has 19 heavy (non-hydrogen) atoms. The van der Waals surface area contributed by atoms with Gasteiger partial charge in [-0.3, -0.25) is 4.98 Å². The normalized spacial score (nSPS) is 10.2. The zero-order valence-electron chi connectivity index (χ0n) is 10.9. The number of nitrogens with one attached hydrogen (secondary N) is 1. The first-order chi connectivity index (χ1) is 9.29. The molecule has 1 heterocycles. The number of nitrogens with zero attached hydrogens (tertiary/aromatic N) is 1. The van der Waals surface area contributed by atoms with Crippen LogP contribution < -0.4 is 10.1 Å². The van der Waals surface area contributed by atoms with E-state index >= 15 is 0 Å². The van der Waals surface area contributed by atoms with Gasteiger partial charge in [-0.2, -0.15) is 0 Å². The Morgan fingerprint density at radius 2 is 2.11 bits per heavy atom. The number of hydrogen-bond donors (Lipinski definition) is 1. The number of para-hydroxylation sites is 1. The maximum absolute atomic E-state index is 13.4. The number of ether oxygens (including phenoxy) is 1. The van der Waals surface area contributed by atoms with Crippen LogP contribution in [0.5, 0.6) is 5.75 Å². The number of rotatable bonds is 6. The lowest BCUT2D eigenvalue weighted by Crippen LogP contribution is -2.03. The van der Waals surface area contributed by atoms with E-state index in [1.165, 1.54) is 6.07 Å². The van der Waals surface area contributed by atoms with Gasteiger partial charge in [-0.15, -0.1) is 0 Å². The van der Waals surface area contributed by atoms with Gasteiger partial charge in [0, 0.05) is 18.4 Å². The number of hydrogen-bond acceptors (Lipinski definition) is 3. The van der Waals surface area contributed by atoms with Gasteiger partial charge >= 0.3 is 0 Å². The quantitative estimate of drug-likeness (QED) is 0.861. The Morgan fingerprint density at radius 1 is 1.26 bits per heavy atom. The Morgan fingerprint density at radius 3 is 2.89 bits per heavy atom. The molecule has 0 unspecified atom stereocenters. The molecule has 0 amide bonds. The third-order valence-electron chi connectivity index (χ3n) is 2.61. The number of halogens is 1. The molecular formula is C15H17FN2O. The summed E-state index contributed by atoms with van der Waals surface area (Å²) in [5.74, 6) is -0.112. The molecule has 1 aromatic carbocycles. The molecule has 0 fully saturated rings. The molecule has 100 valence electrons. The summed E-state index contributed by atoms with van der Waals surface area (Å²) < 4.78 is 18.8. The molecule has 0 aliphatic rings. The van der Waals surface area contributed by atoms with Crippen molar-refractivity contribution >= 4 is 5.69 Å². The van der Waals surface area contributed by atoms with Crippen molar-refractivity contribution in [2.45, 2.75) is 20.0 Å². The molecule has 2 rings (SSSR count). The fourth-order valence-electron chi connectivity index (χ4n) is 1.65. The van der Waals surface area contributed by atoms with Crippen LogP contribution in [0.1, 0.15) is 19.0 Å². The van der Waals surface area contributed by atoms with E-state index in [0.717, 1.165) is 24.3 Å². The van der Waals surface area contributed by atoms with Gasteiger partial charge in [0.15, 0.2) is 11.6 Å². The van der Waals surface area contributed by atoms with Crippen molar-refractivity contribution in [1.29, 1.82) is 0 Å². The third-order valence-corrected chi connectivity index (χ3v) is 2.61. The summed E-state index contributed by atoms with van der Waals surface area (Å²) in [6.45, 7) is 3.27. The topological polar surface area (TPSA) is 34.2 Å². The van der Waals surface area contributed by atoms with Gasteiger partial charge in [-0.05, 0) is 30.7 Å². The highest BCUT2D eigenvalue weighted by Gasteiger charge is 2.03. The lowest BCUT2D eigenvalue weighted by molar-refractivity contribution is 0.286.